The molecule has 0 bridgehead atoms. The molecule has 1 aliphatic heterocycles. The Morgan fingerprint density at radius 1 is 0.882 bits per heavy atom. The number of rotatable bonds is 9. The molecular weight excluding hydrogens is 516 g/mol. The molecule has 0 saturated heterocycles. The molecule has 0 spiro atoms. The normalized spacial score (nSPS) is 16.4. The summed E-state index contributed by atoms with van der Waals surface area (Å²) in [5.41, 5.74) is -3.77. The number of alkyl halides is 6. The molecule has 0 fully saturated rings. The summed E-state index contributed by atoms with van der Waals surface area (Å²) in [6.45, 7) is 1.25. The molecule has 1 aliphatic rings. The van der Waals surface area contributed by atoms with Crippen LogP contribution in [0.1, 0.15) is 49.3 Å². The summed E-state index contributed by atoms with van der Waals surface area (Å²) in [4.78, 5) is 0. The summed E-state index contributed by atoms with van der Waals surface area (Å²) in [6.07, 6.45) is -9.22. The average molecular weight is 539 g/mol. The third kappa shape index (κ3) is 7.52. The second-order valence-corrected chi connectivity index (χ2v) is 10.8. The molecule has 1 aromatic carbocycles. The van der Waals surface area contributed by atoms with E-state index in [4.69, 9.17) is 9.11 Å². The first kappa shape index (κ1) is 28.3. The molecule has 0 aliphatic carbocycles. The van der Waals surface area contributed by atoms with Crippen molar-refractivity contribution in [2.24, 2.45) is 0 Å². The van der Waals surface area contributed by atoms with Crippen molar-refractivity contribution in [2.75, 3.05) is 18.1 Å². The lowest BCUT2D eigenvalue weighted by Crippen LogP contribution is -2.15. The van der Waals surface area contributed by atoms with Gasteiger partial charge in [-0.2, -0.15) is 47.8 Å². The molecule has 0 saturated carbocycles. The van der Waals surface area contributed by atoms with Crippen LogP contribution >= 0.6 is 0 Å². The fraction of sp³-hybridized carbons (Fsp3) is 0.526. The molecule has 0 unspecified atom stereocenters. The van der Waals surface area contributed by atoms with Gasteiger partial charge in [0, 0.05) is 19.4 Å². The van der Waals surface area contributed by atoms with E-state index in [-0.39, 0.29) is 55.3 Å². The number of nitrogens with zero attached hydrogens (tertiary/aromatic N) is 1. The van der Waals surface area contributed by atoms with E-state index in [1.807, 2.05) is 0 Å². The number of benzene rings is 1. The number of halogens is 6. The maximum Gasteiger partial charge on any atom is 0.417 e. The van der Waals surface area contributed by atoms with Gasteiger partial charge in [-0.3, -0.25) is 9.11 Å². The molecule has 0 radical (unpaired) electrons. The minimum absolute atomic E-state index is 0.0139. The van der Waals surface area contributed by atoms with Gasteiger partial charge in [0.15, 0.2) is 5.71 Å². The van der Waals surface area contributed by atoms with Gasteiger partial charge in [-0.1, -0.05) is 6.08 Å². The highest BCUT2D eigenvalue weighted by Gasteiger charge is 2.45. The average Bonchev–Trinajstić information content (AvgIpc) is 2.90. The lowest BCUT2D eigenvalue weighted by molar-refractivity contribution is -0.438. The Hall–Kier alpha value is -1.97. The number of hydrogen-bond acceptors (Lipinski definition) is 4. The third-order valence-corrected chi connectivity index (χ3v) is 6.70. The van der Waals surface area contributed by atoms with Gasteiger partial charge in [0.25, 0.3) is 20.2 Å². The second-order valence-electron chi connectivity index (χ2n) is 7.69. The van der Waals surface area contributed by atoms with Gasteiger partial charge in [-0.15, -0.1) is 0 Å². The summed E-state index contributed by atoms with van der Waals surface area (Å²) >= 11 is 0. The zero-order valence-electron chi connectivity index (χ0n) is 17.7. The molecule has 7 nitrogen and oxygen atoms in total. The van der Waals surface area contributed by atoms with E-state index in [0.717, 1.165) is 0 Å². The lowest BCUT2D eigenvalue weighted by Gasteiger charge is -2.15. The predicted molar refractivity (Wildman–Crippen MR) is 111 cm³/mol. The molecule has 2 rings (SSSR count). The van der Waals surface area contributed by atoms with Crippen LogP contribution in [0.15, 0.2) is 18.2 Å². The molecule has 0 atom stereocenters. The van der Waals surface area contributed by atoms with Crippen molar-refractivity contribution in [3.05, 3.63) is 34.9 Å². The van der Waals surface area contributed by atoms with Gasteiger partial charge in [0.05, 0.1) is 33.8 Å². The maximum atomic E-state index is 13.8. The zero-order valence-corrected chi connectivity index (χ0v) is 19.4. The van der Waals surface area contributed by atoms with Gasteiger partial charge >= 0.3 is 12.4 Å². The highest BCUT2D eigenvalue weighted by molar-refractivity contribution is 7.86. The van der Waals surface area contributed by atoms with E-state index in [1.54, 1.807) is 0 Å². The Labute approximate surface area is 192 Å². The quantitative estimate of drug-likeness (QED) is 0.206. The second kappa shape index (κ2) is 9.95. The minimum atomic E-state index is -5.14. The molecule has 1 heterocycles. The van der Waals surface area contributed by atoms with Gasteiger partial charge < -0.3 is 0 Å². The van der Waals surface area contributed by atoms with E-state index >= 15 is 0 Å². The highest BCUT2D eigenvalue weighted by atomic mass is 32.2. The van der Waals surface area contributed by atoms with Crippen molar-refractivity contribution in [3.63, 3.8) is 0 Å². The smallest absolute Gasteiger partial charge is 0.286 e. The Balaban J connectivity index is 2.59. The standard InChI is InChI=1S/C19H21F6NO6S2/c1-12-14(6-2-4-8-33(27,28)29)17-15(19(23,24)25)10-13(18(20,21)22)11-16(17)26(12)7-3-5-9-34(30,31)32/h6,10-11H,2-5,7-9H2,1H3,(H-,27,28,29,30,31,32)/p+1/b14-6+. The van der Waals surface area contributed by atoms with E-state index in [1.165, 1.54) is 17.6 Å². The fourth-order valence-electron chi connectivity index (χ4n) is 3.62. The molecule has 2 N–H and O–H groups in total. The Morgan fingerprint density at radius 2 is 1.44 bits per heavy atom. The van der Waals surface area contributed by atoms with Crippen LogP contribution in [0.4, 0.5) is 32.0 Å². The van der Waals surface area contributed by atoms with Crippen LogP contribution < -0.4 is 0 Å². The first-order valence-corrected chi connectivity index (χ1v) is 13.1. The SMILES string of the molecule is CC1=[N+](CCCCS(=O)(=O)O)c2cc(C(F)(F)F)cc(C(F)(F)F)c2/C1=C/CCCS(=O)(=O)O. The Bertz CT molecular complexity index is 1210. The lowest BCUT2D eigenvalue weighted by atomic mass is 9.94. The van der Waals surface area contributed by atoms with Gasteiger partial charge in [-0.05, 0) is 25.3 Å². The van der Waals surface area contributed by atoms with Crippen molar-refractivity contribution in [1.29, 1.82) is 0 Å². The molecular formula is C19H22F6NO6S2+. The summed E-state index contributed by atoms with van der Waals surface area (Å²) in [7, 11) is -8.59. The van der Waals surface area contributed by atoms with Gasteiger partial charge in [0.2, 0.25) is 5.69 Å². The first-order valence-electron chi connectivity index (χ1n) is 9.86. The molecule has 0 amide bonds. The van der Waals surface area contributed by atoms with Crippen LogP contribution in [-0.2, 0) is 32.6 Å². The summed E-state index contributed by atoms with van der Waals surface area (Å²) in [5.74, 6) is -1.28. The predicted octanol–water partition coefficient (Wildman–Crippen LogP) is 4.56. The fourth-order valence-corrected chi connectivity index (χ4v) is 4.72. The molecule has 0 aromatic heterocycles. The number of fused-ring (bicyclic) bond motifs is 1. The van der Waals surface area contributed by atoms with Crippen molar-refractivity contribution < 1.29 is 56.9 Å². The topological polar surface area (TPSA) is 112 Å². The van der Waals surface area contributed by atoms with Crippen LogP contribution in [0.25, 0.3) is 5.57 Å². The maximum absolute atomic E-state index is 13.8. The molecule has 1 aromatic rings. The Kier molecular flexibility index (Phi) is 8.27. The number of unbranched alkanes of at least 4 members (excludes halogenated alkanes) is 2. The zero-order chi connectivity index (χ0) is 26.1. The monoisotopic (exact) mass is 538 g/mol. The van der Waals surface area contributed by atoms with Crippen molar-refractivity contribution >= 4 is 37.2 Å². The van der Waals surface area contributed by atoms with Crippen molar-refractivity contribution in [2.45, 2.75) is 45.0 Å². The molecule has 15 heteroatoms. The highest BCUT2D eigenvalue weighted by Crippen LogP contribution is 2.47. The Morgan fingerprint density at radius 3 is 1.94 bits per heavy atom. The van der Waals surface area contributed by atoms with Crippen molar-refractivity contribution in [3.8, 4) is 0 Å². The number of hydrogen-bond donors (Lipinski definition) is 2. The van der Waals surface area contributed by atoms with Crippen LogP contribution in [0.3, 0.4) is 0 Å². The van der Waals surface area contributed by atoms with Gasteiger partial charge in [-0.25, -0.2) is 0 Å². The number of allylic oxidation sites excluding steroid dienone is 2. The van der Waals surface area contributed by atoms with E-state index in [0.29, 0.717) is 6.07 Å². The van der Waals surface area contributed by atoms with Gasteiger partial charge in [0.1, 0.15) is 6.54 Å². The van der Waals surface area contributed by atoms with Crippen LogP contribution in [-0.4, -0.2) is 54.3 Å². The minimum Gasteiger partial charge on any atom is -0.286 e. The summed E-state index contributed by atoms with van der Waals surface area (Å²) in [6, 6.07) is 0.593. The van der Waals surface area contributed by atoms with E-state index in [2.05, 4.69) is 0 Å². The molecule has 34 heavy (non-hydrogen) atoms. The summed E-state index contributed by atoms with van der Waals surface area (Å²) in [5, 5.41) is 0. The largest absolute Gasteiger partial charge is 0.417 e. The molecule has 192 valence electrons. The van der Waals surface area contributed by atoms with Crippen LogP contribution in [0, 0.1) is 0 Å². The first-order chi connectivity index (χ1) is 15.3. The van der Waals surface area contributed by atoms with Crippen LogP contribution in [0.2, 0.25) is 0 Å². The van der Waals surface area contributed by atoms with E-state index < -0.39 is 60.8 Å². The van der Waals surface area contributed by atoms with Crippen LogP contribution in [0.5, 0.6) is 0 Å². The third-order valence-electron chi connectivity index (χ3n) is 5.09. The summed E-state index contributed by atoms with van der Waals surface area (Å²) < 4.78 is 144. The van der Waals surface area contributed by atoms with Crippen molar-refractivity contribution in [1.82, 2.24) is 0 Å². The van der Waals surface area contributed by atoms with E-state index in [9.17, 15) is 43.2 Å².